The maximum absolute atomic E-state index is 13.3. The molecule has 0 aliphatic heterocycles. The lowest BCUT2D eigenvalue weighted by atomic mass is 9.72. The molecule has 2 heterocycles. The lowest BCUT2D eigenvalue weighted by Crippen LogP contribution is -2.27. The molecule has 1 aliphatic rings. The number of primary amides is 1. The molecule has 6 nitrogen and oxygen atoms in total. The van der Waals surface area contributed by atoms with Gasteiger partial charge in [-0.3, -0.25) is 9.59 Å². The minimum absolute atomic E-state index is 0.168. The minimum atomic E-state index is -0.527. The van der Waals surface area contributed by atoms with Crippen molar-refractivity contribution in [2.45, 2.75) is 47.0 Å². The predicted molar refractivity (Wildman–Crippen MR) is 127 cm³/mol. The van der Waals surface area contributed by atoms with Crippen molar-refractivity contribution in [2.75, 3.05) is 5.32 Å². The van der Waals surface area contributed by atoms with Crippen LogP contribution >= 0.6 is 22.9 Å². The molecular formula is C24H26ClN3O3S. The Morgan fingerprint density at radius 1 is 1.25 bits per heavy atom. The van der Waals surface area contributed by atoms with Crippen molar-refractivity contribution < 1.29 is 14.1 Å². The van der Waals surface area contributed by atoms with E-state index in [1.54, 1.807) is 25.1 Å². The van der Waals surface area contributed by atoms with Crippen LogP contribution in [0.25, 0.3) is 11.3 Å². The first-order valence-corrected chi connectivity index (χ1v) is 11.7. The normalized spacial score (nSPS) is 16.0. The SMILES string of the molecule is Cc1onc(-c2ccccc2Cl)c1C(=O)Nc1sc2c(c1C(N)=O)CC[C@@H](C(C)(C)C)C2. The van der Waals surface area contributed by atoms with Crippen LogP contribution < -0.4 is 11.1 Å². The molecule has 3 aromatic rings. The van der Waals surface area contributed by atoms with E-state index in [2.05, 4.69) is 31.2 Å². The van der Waals surface area contributed by atoms with Crippen molar-refractivity contribution in [3.05, 3.63) is 56.6 Å². The van der Waals surface area contributed by atoms with E-state index in [1.165, 1.54) is 11.3 Å². The first-order valence-electron chi connectivity index (χ1n) is 10.5. The molecule has 8 heteroatoms. The zero-order valence-corrected chi connectivity index (χ0v) is 20.1. The fraction of sp³-hybridized carbons (Fsp3) is 0.375. The van der Waals surface area contributed by atoms with Crippen LogP contribution in [-0.2, 0) is 12.8 Å². The Morgan fingerprint density at radius 3 is 2.62 bits per heavy atom. The Bertz CT molecular complexity index is 1210. The summed E-state index contributed by atoms with van der Waals surface area (Å²) in [6.45, 7) is 8.38. The second kappa shape index (κ2) is 8.37. The molecule has 3 N–H and O–H groups in total. The molecular weight excluding hydrogens is 446 g/mol. The van der Waals surface area contributed by atoms with Gasteiger partial charge < -0.3 is 15.6 Å². The molecule has 1 aliphatic carbocycles. The molecule has 2 amide bonds. The van der Waals surface area contributed by atoms with E-state index in [4.69, 9.17) is 21.9 Å². The number of nitrogens with zero attached hydrogens (tertiary/aromatic N) is 1. The summed E-state index contributed by atoms with van der Waals surface area (Å²) in [5.74, 6) is -0.0650. The molecule has 2 aromatic heterocycles. The monoisotopic (exact) mass is 471 g/mol. The van der Waals surface area contributed by atoms with Crippen LogP contribution in [0, 0.1) is 18.3 Å². The molecule has 32 heavy (non-hydrogen) atoms. The van der Waals surface area contributed by atoms with Crippen molar-refractivity contribution >= 4 is 39.8 Å². The quantitative estimate of drug-likeness (QED) is 0.497. The highest BCUT2D eigenvalue weighted by Crippen LogP contribution is 2.44. The van der Waals surface area contributed by atoms with Gasteiger partial charge in [-0.2, -0.15) is 0 Å². The van der Waals surface area contributed by atoms with Crippen LogP contribution in [0.15, 0.2) is 28.8 Å². The van der Waals surface area contributed by atoms with Crippen molar-refractivity contribution in [2.24, 2.45) is 17.1 Å². The minimum Gasteiger partial charge on any atom is -0.365 e. The molecule has 0 fully saturated rings. The Balaban J connectivity index is 1.70. The van der Waals surface area contributed by atoms with E-state index in [0.29, 0.717) is 38.5 Å². The zero-order chi connectivity index (χ0) is 23.2. The molecule has 0 radical (unpaired) electrons. The molecule has 0 unspecified atom stereocenters. The Morgan fingerprint density at radius 2 is 1.97 bits per heavy atom. The first kappa shape index (κ1) is 22.6. The van der Waals surface area contributed by atoms with E-state index in [-0.39, 0.29) is 11.0 Å². The van der Waals surface area contributed by atoms with Gasteiger partial charge in [0.25, 0.3) is 11.8 Å². The average molecular weight is 472 g/mol. The summed E-state index contributed by atoms with van der Waals surface area (Å²) in [6.07, 6.45) is 2.64. The van der Waals surface area contributed by atoms with Gasteiger partial charge in [-0.15, -0.1) is 11.3 Å². The number of amides is 2. The average Bonchev–Trinajstić information content (AvgIpc) is 3.27. The van der Waals surface area contributed by atoms with Crippen LogP contribution in [-0.4, -0.2) is 17.0 Å². The first-order chi connectivity index (χ1) is 15.1. The van der Waals surface area contributed by atoms with Crippen LogP contribution in [0.2, 0.25) is 5.02 Å². The van der Waals surface area contributed by atoms with Gasteiger partial charge in [-0.05, 0) is 49.1 Å². The van der Waals surface area contributed by atoms with Gasteiger partial charge in [0.05, 0.1) is 10.6 Å². The highest BCUT2D eigenvalue weighted by molar-refractivity contribution is 7.17. The number of rotatable bonds is 4. The Labute approximate surface area is 196 Å². The van der Waals surface area contributed by atoms with Crippen molar-refractivity contribution in [1.82, 2.24) is 5.16 Å². The summed E-state index contributed by atoms with van der Waals surface area (Å²) in [6, 6.07) is 7.13. The van der Waals surface area contributed by atoms with Gasteiger partial charge in [0.1, 0.15) is 22.0 Å². The van der Waals surface area contributed by atoms with Gasteiger partial charge in [0.2, 0.25) is 0 Å². The van der Waals surface area contributed by atoms with Crippen LogP contribution in [0.5, 0.6) is 0 Å². The number of aryl methyl sites for hydroxylation is 1. The molecule has 0 saturated carbocycles. The molecule has 0 bridgehead atoms. The van der Waals surface area contributed by atoms with E-state index >= 15 is 0 Å². The smallest absolute Gasteiger partial charge is 0.262 e. The maximum atomic E-state index is 13.3. The van der Waals surface area contributed by atoms with Crippen LogP contribution in [0.4, 0.5) is 5.00 Å². The number of nitrogens with two attached hydrogens (primary N) is 1. The Kier molecular flexibility index (Phi) is 5.90. The summed E-state index contributed by atoms with van der Waals surface area (Å²) in [7, 11) is 0. The molecule has 0 saturated heterocycles. The summed E-state index contributed by atoms with van der Waals surface area (Å²) in [5.41, 5.74) is 8.53. The largest absolute Gasteiger partial charge is 0.365 e. The summed E-state index contributed by atoms with van der Waals surface area (Å²) >= 11 is 7.75. The molecule has 0 spiro atoms. The lowest BCUT2D eigenvalue weighted by Gasteiger charge is -2.33. The number of fused-ring (bicyclic) bond motifs is 1. The Hall–Kier alpha value is -2.64. The number of aromatic nitrogens is 1. The number of carbonyl (C=O) groups excluding carboxylic acids is 2. The van der Waals surface area contributed by atoms with Gasteiger partial charge >= 0.3 is 0 Å². The maximum Gasteiger partial charge on any atom is 0.262 e. The number of nitrogens with one attached hydrogen (secondary N) is 1. The highest BCUT2D eigenvalue weighted by Gasteiger charge is 2.34. The van der Waals surface area contributed by atoms with Crippen LogP contribution in [0.1, 0.15) is 64.1 Å². The van der Waals surface area contributed by atoms with Gasteiger partial charge in [0, 0.05) is 10.4 Å². The topological polar surface area (TPSA) is 98.2 Å². The summed E-state index contributed by atoms with van der Waals surface area (Å²) in [4.78, 5) is 26.8. The molecule has 4 rings (SSSR count). The number of anilines is 1. The number of carbonyl (C=O) groups is 2. The van der Waals surface area contributed by atoms with E-state index < -0.39 is 11.8 Å². The van der Waals surface area contributed by atoms with Gasteiger partial charge in [-0.25, -0.2) is 0 Å². The second-order valence-corrected chi connectivity index (χ2v) is 10.8. The fourth-order valence-corrected chi connectivity index (χ4v) is 5.87. The number of hydrogen-bond donors (Lipinski definition) is 2. The third-order valence-corrected chi connectivity index (χ3v) is 7.68. The van der Waals surface area contributed by atoms with E-state index in [1.807, 2.05) is 6.07 Å². The van der Waals surface area contributed by atoms with E-state index in [0.717, 1.165) is 29.7 Å². The third-order valence-electron chi connectivity index (χ3n) is 6.18. The van der Waals surface area contributed by atoms with Crippen LogP contribution in [0.3, 0.4) is 0 Å². The third kappa shape index (κ3) is 4.07. The van der Waals surface area contributed by atoms with Crippen molar-refractivity contribution in [3.8, 4) is 11.3 Å². The van der Waals surface area contributed by atoms with Gasteiger partial charge in [-0.1, -0.05) is 55.7 Å². The number of benzene rings is 1. The standard InChI is InChI=1S/C24H26ClN3O3S/c1-12-18(20(28-31-12)14-7-5-6-8-16(14)25)22(30)27-23-19(21(26)29)15-10-9-13(24(2,3)4)11-17(15)32-23/h5-8,13H,9-11H2,1-4H3,(H2,26,29)(H,27,30)/t13-/m1/s1. The molecule has 1 atom stereocenters. The van der Waals surface area contributed by atoms with E-state index in [9.17, 15) is 9.59 Å². The van der Waals surface area contributed by atoms with Crippen molar-refractivity contribution in [1.29, 1.82) is 0 Å². The summed E-state index contributed by atoms with van der Waals surface area (Å²) < 4.78 is 5.32. The summed E-state index contributed by atoms with van der Waals surface area (Å²) in [5, 5.41) is 7.92. The van der Waals surface area contributed by atoms with Gasteiger partial charge in [0.15, 0.2) is 0 Å². The zero-order valence-electron chi connectivity index (χ0n) is 18.5. The number of hydrogen-bond acceptors (Lipinski definition) is 5. The number of halogens is 1. The molecule has 168 valence electrons. The predicted octanol–water partition coefficient (Wildman–Crippen LogP) is 5.87. The lowest BCUT2D eigenvalue weighted by molar-refractivity contribution is 0.1000. The highest BCUT2D eigenvalue weighted by atomic mass is 35.5. The van der Waals surface area contributed by atoms with Crippen molar-refractivity contribution in [3.63, 3.8) is 0 Å². The fourth-order valence-electron chi connectivity index (χ4n) is 4.32. The second-order valence-electron chi connectivity index (χ2n) is 9.27. The number of thiophene rings is 1. The molecule has 1 aromatic carbocycles.